The van der Waals surface area contributed by atoms with E-state index in [0.29, 0.717) is 23.5 Å². The van der Waals surface area contributed by atoms with E-state index in [2.05, 4.69) is 51.5 Å². The summed E-state index contributed by atoms with van der Waals surface area (Å²) in [4.78, 5) is 5.87. The van der Waals surface area contributed by atoms with Crippen LogP contribution in [0.25, 0.3) is 22.8 Å². The molecule has 2 heterocycles. The van der Waals surface area contributed by atoms with Crippen LogP contribution in [0.5, 0.6) is 0 Å². The molecular weight excluding hydrogens is 328 g/mol. The fourth-order valence-corrected chi connectivity index (χ4v) is 2.59. The van der Waals surface area contributed by atoms with Crippen LogP contribution < -0.4 is 0 Å². The van der Waals surface area contributed by atoms with Crippen molar-refractivity contribution in [1.82, 2.24) is 30.3 Å². The maximum absolute atomic E-state index is 5.33. The maximum Gasteiger partial charge on any atom is 0.250 e. The van der Waals surface area contributed by atoms with Gasteiger partial charge in [0, 0.05) is 11.1 Å². The first-order valence-corrected chi connectivity index (χ1v) is 8.45. The monoisotopic (exact) mass is 346 g/mol. The third-order valence-electron chi connectivity index (χ3n) is 4.07. The number of hydrogen-bond donors (Lipinski definition) is 0. The van der Waals surface area contributed by atoms with Crippen LogP contribution in [-0.4, -0.2) is 30.3 Å². The summed E-state index contributed by atoms with van der Waals surface area (Å²) in [6, 6.07) is 17.9. The maximum atomic E-state index is 5.33. The Balaban J connectivity index is 1.49. The molecule has 0 radical (unpaired) electrons. The van der Waals surface area contributed by atoms with E-state index in [1.807, 2.05) is 42.5 Å². The summed E-state index contributed by atoms with van der Waals surface area (Å²) in [5.74, 6) is 2.04. The highest BCUT2D eigenvalue weighted by molar-refractivity contribution is 5.55. The van der Waals surface area contributed by atoms with Gasteiger partial charge in [-0.2, -0.15) is 9.78 Å². The zero-order valence-corrected chi connectivity index (χ0v) is 14.6. The fourth-order valence-electron chi connectivity index (χ4n) is 2.59. The van der Waals surface area contributed by atoms with Gasteiger partial charge in [-0.1, -0.05) is 73.6 Å². The third kappa shape index (κ3) is 3.37. The van der Waals surface area contributed by atoms with Gasteiger partial charge in [-0.15, -0.1) is 10.2 Å². The van der Waals surface area contributed by atoms with Crippen LogP contribution in [0.3, 0.4) is 0 Å². The molecule has 7 heteroatoms. The molecule has 0 spiro atoms. The van der Waals surface area contributed by atoms with Crippen molar-refractivity contribution in [2.45, 2.75) is 26.3 Å². The van der Waals surface area contributed by atoms with Gasteiger partial charge in [0.15, 0.2) is 0 Å². The highest BCUT2D eigenvalue weighted by Gasteiger charge is 2.12. The van der Waals surface area contributed by atoms with Crippen molar-refractivity contribution < 1.29 is 4.52 Å². The smallest absolute Gasteiger partial charge is 0.250 e. The van der Waals surface area contributed by atoms with E-state index >= 15 is 0 Å². The van der Waals surface area contributed by atoms with E-state index in [9.17, 15) is 0 Å². The lowest BCUT2D eigenvalue weighted by Gasteiger charge is -2.04. The minimum absolute atomic E-state index is 0.275. The second kappa shape index (κ2) is 6.87. The summed E-state index contributed by atoms with van der Waals surface area (Å²) in [7, 11) is 0. The summed E-state index contributed by atoms with van der Waals surface area (Å²) < 4.78 is 5.33. The first-order valence-electron chi connectivity index (χ1n) is 8.45. The number of aromatic nitrogens is 6. The molecule has 0 unspecified atom stereocenters. The SMILES string of the molecule is CC(C)c1ccc(-c2noc(Cn3nnc(-c4ccccc4)n3)n2)cc1. The Morgan fingerprint density at radius 2 is 1.65 bits per heavy atom. The molecule has 2 aromatic heterocycles. The van der Waals surface area contributed by atoms with Crippen molar-refractivity contribution in [2.24, 2.45) is 0 Å². The van der Waals surface area contributed by atoms with Crippen molar-refractivity contribution in [3.8, 4) is 22.8 Å². The Bertz CT molecular complexity index is 988. The van der Waals surface area contributed by atoms with Gasteiger partial charge in [0.05, 0.1) is 0 Å². The molecule has 2 aromatic carbocycles. The van der Waals surface area contributed by atoms with Gasteiger partial charge in [-0.05, 0) is 16.7 Å². The predicted octanol–water partition coefficient (Wildman–Crippen LogP) is 3.56. The lowest BCUT2D eigenvalue weighted by molar-refractivity contribution is 0.356. The summed E-state index contributed by atoms with van der Waals surface area (Å²) in [5, 5.41) is 16.5. The van der Waals surface area contributed by atoms with E-state index < -0.39 is 0 Å². The molecular formula is C19H18N6O. The van der Waals surface area contributed by atoms with E-state index in [-0.39, 0.29) is 6.54 Å². The van der Waals surface area contributed by atoms with Crippen molar-refractivity contribution in [3.05, 3.63) is 66.1 Å². The molecule has 4 rings (SSSR count). The van der Waals surface area contributed by atoms with Gasteiger partial charge in [-0.25, -0.2) is 0 Å². The topological polar surface area (TPSA) is 82.5 Å². The van der Waals surface area contributed by atoms with Crippen molar-refractivity contribution in [1.29, 1.82) is 0 Å². The van der Waals surface area contributed by atoms with E-state index in [1.54, 1.807) is 0 Å². The Labute approximate surface area is 150 Å². The fraction of sp³-hybridized carbons (Fsp3) is 0.211. The Morgan fingerprint density at radius 1 is 0.923 bits per heavy atom. The Morgan fingerprint density at radius 3 is 2.38 bits per heavy atom. The lowest BCUT2D eigenvalue weighted by Crippen LogP contribution is -2.04. The molecule has 0 fully saturated rings. The van der Waals surface area contributed by atoms with E-state index in [0.717, 1.165) is 11.1 Å². The molecule has 0 saturated heterocycles. The molecule has 7 nitrogen and oxygen atoms in total. The average molecular weight is 346 g/mol. The van der Waals surface area contributed by atoms with Crippen LogP contribution in [0.4, 0.5) is 0 Å². The lowest BCUT2D eigenvalue weighted by atomic mass is 10.0. The number of hydrogen-bond acceptors (Lipinski definition) is 6. The standard InChI is InChI=1S/C19H18N6O/c1-13(2)14-8-10-16(11-9-14)18-20-17(26-23-18)12-25-22-19(21-24-25)15-6-4-3-5-7-15/h3-11,13H,12H2,1-2H3. The zero-order valence-electron chi connectivity index (χ0n) is 14.6. The van der Waals surface area contributed by atoms with Crippen molar-refractivity contribution in [2.75, 3.05) is 0 Å². The highest BCUT2D eigenvalue weighted by Crippen LogP contribution is 2.20. The van der Waals surface area contributed by atoms with Crippen LogP contribution >= 0.6 is 0 Å². The van der Waals surface area contributed by atoms with Crippen LogP contribution in [0, 0.1) is 0 Å². The molecule has 130 valence electrons. The second-order valence-electron chi connectivity index (χ2n) is 6.30. The molecule has 0 aliphatic rings. The quantitative estimate of drug-likeness (QED) is 0.549. The Kier molecular flexibility index (Phi) is 4.27. The van der Waals surface area contributed by atoms with Gasteiger partial charge in [-0.3, -0.25) is 0 Å². The van der Waals surface area contributed by atoms with E-state index in [4.69, 9.17) is 4.52 Å². The molecule has 0 atom stereocenters. The number of rotatable bonds is 5. The van der Waals surface area contributed by atoms with Crippen LogP contribution in [0.2, 0.25) is 0 Å². The van der Waals surface area contributed by atoms with Crippen molar-refractivity contribution >= 4 is 0 Å². The first-order chi connectivity index (χ1) is 12.7. The third-order valence-corrected chi connectivity index (χ3v) is 4.07. The number of benzene rings is 2. The number of tetrazole rings is 1. The molecule has 0 saturated carbocycles. The molecule has 0 aliphatic carbocycles. The summed E-state index contributed by atoms with van der Waals surface area (Å²) in [5.41, 5.74) is 3.11. The van der Waals surface area contributed by atoms with Gasteiger partial charge < -0.3 is 4.52 Å². The van der Waals surface area contributed by atoms with E-state index in [1.165, 1.54) is 10.4 Å². The molecule has 0 amide bonds. The molecule has 0 aliphatic heterocycles. The largest absolute Gasteiger partial charge is 0.337 e. The van der Waals surface area contributed by atoms with Crippen molar-refractivity contribution in [3.63, 3.8) is 0 Å². The predicted molar refractivity (Wildman–Crippen MR) is 96.2 cm³/mol. The van der Waals surface area contributed by atoms with Gasteiger partial charge in [0.1, 0.15) is 6.54 Å². The molecule has 26 heavy (non-hydrogen) atoms. The summed E-state index contributed by atoms with van der Waals surface area (Å²) in [6.45, 7) is 4.60. The van der Waals surface area contributed by atoms with Gasteiger partial charge in [0.25, 0.3) is 5.89 Å². The van der Waals surface area contributed by atoms with Crippen LogP contribution in [0.15, 0.2) is 59.1 Å². The minimum atomic E-state index is 0.275. The highest BCUT2D eigenvalue weighted by atomic mass is 16.5. The first kappa shape index (κ1) is 16.1. The summed E-state index contributed by atoms with van der Waals surface area (Å²) in [6.07, 6.45) is 0. The molecule has 0 bridgehead atoms. The normalized spacial score (nSPS) is 11.2. The van der Waals surface area contributed by atoms with Gasteiger partial charge >= 0.3 is 0 Å². The second-order valence-corrected chi connectivity index (χ2v) is 6.30. The van der Waals surface area contributed by atoms with Crippen LogP contribution in [0.1, 0.15) is 31.2 Å². The molecule has 4 aromatic rings. The van der Waals surface area contributed by atoms with Gasteiger partial charge in [0.2, 0.25) is 11.6 Å². The summed E-state index contributed by atoms with van der Waals surface area (Å²) >= 11 is 0. The average Bonchev–Trinajstić information content (AvgIpc) is 3.33. The zero-order chi connectivity index (χ0) is 17.9. The number of nitrogens with zero attached hydrogens (tertiary/aromatic N) is 6. The Hall–Kier alpha value is -3.35. The van der Waals surface area contributed by atoms with Crippen LogP contribution in [-0.2, 0) is 6.54 Å². The molecule has 0 N–H and O–H groups in total. The minimum Gasteiger partial charge on any atom is -0.337 e.